The second-order valence-electron chi connectivity index (χ2n) is 3.49. The first-order valence-corrected chi connectivity index (χ1v) is 4.77. The molecule has 0 aliphatic carbocycles. The highest BCUT2D eigenvalue weighted by atomic mass is 16.5. The first kappa shape index (κ1) is 12.1. The third kappa shape index (κ3) is 3.02. The monoisotopic (exact) mass is 220 g/mol. The van der Waals surface area contributed by atoms with Gasteiger partial charge in [0.05, 0.1) is 5.56 Å². The van der Waals surface area contributed by atoms with E-state index in [0.29, 0.717) is 6.29 Å². The minimum atomic E-state index is -0.655. The Hall–Kier alpha value is -1.97. The fourth-order valence-electron chi connectivity index (χ4n) is 1.21. The molecule has 0 aliphatic rings. The molecule has 0 atom stereocenters. The quantitative estimate of drug-likeness (QED) is 0.570. The summed E-state index contributed by atoms with van der Waals surface area (Å²) in [5.41, 5.74) is 1.33. The molecule has 16 heavy (non-hydrogen) atoms. The molecule has 0 aromatic heterocycles. The van der Waals surface area contributed by atoms with Crippen molar-refractivity contribution in [2.24, 2.45) is 0 Å². The van der Waals surface area contributed by atoms with Gasteiger partial charge >= 0.3 is 5.97 Å². The van der Waals surface area contributed by atoms with E-state index in [0.717, 1.165) is 5.56 Å². The molecule has 0 spiro atoms. The molecule has 0 fully saturated rings. The molecule has 0 aliphatic heterocycles. The first-order valence-electron chi connectivity index (χ1n) is 4.77. The van der Waals surface area contributed by atoms with Crippen molar-refractivity contribution in [3.05, 3.63) is 34.9 Å². The third-order valence-electron chi connectivity index (χ3n) is 1.96. The van der Waals surface area contributed by atoms with Crippen molar-refractivity contribution >= 4 is 18.0 Å². The molecule has 4 heteroatoms. The molecule has 0 heterocycles. The number of rotatable bonds is 4. The molecule has 0 saturated carbocycles. The van der Waals surface area contributed by atoms with Gasteiger partial charge < -0.3 is 4.74 Å². The number of hydrogen-bond donors (Lipinski definition) is 0. The van der Waals surface area contributed by atoms with Gasteiger partial charge in [-0.05, 0) is 26.0 Å². The average molecular weight is 220 g/mol. The van der Waals surface area contributed by atoms with Gasteiger partial charge in [0.25, 0.3) is 0 Å². The van der Waals surface area contributed by atoms with Gasteiger partial charge in [0.15, 0.2) is 12.1 Å². The zero-order chi connectivity index (χ0) is 12.1. The standard InChI is InChI=1S/C12H12O4/c1-8-3-4-11(10(5-8)6-13)12(15)16-7-9(2)14/h3-6H,7H2,1-2H3. The Bertz CT molecular complexity index is 435. The Morgan fingerprint density at radius 3 is 2.62 bits per heavy atom. The van der Waals surface area contributed by atoms with Crippen LogP contribution in [-0.2, 0) is 9.53 Å². The number of aldehydes is 1. The Balaban J connectivity index is 2.90. The number of aryl methyl sites for hydroxylation is 1. The van der Waals surface area contributed by atoms with Crippen molar-refractivity contribution < 1.29 is 19.1 Å². The lowest BCUT2D eigenvalue weighted by molar-refractivity contribution is -0.120. The van der Waals surface area contributed by atoms with Gasteiger partial charge in [-0.25, -0.2) is 4.79 Å². The van der Waals surface area contributed by atoms with Gasteiger partial charge in [0, 0.05) is 5.56 Å². The van der Waals surface area contributed by atoms with E-state index >= 15 is 0 Å². The van der Waals surface area contributed by atoms with Crippen LogP contribution < -0.4 is 0 Å². The van der Waals surface area contributed by atoms with Gasteiger partial charge in [0.2, 0.25) is 0 Å². The van der Waals surface area contributed by atoms with Crippen molar-refractivity contribution in [3.63, 3.8) is 0 Å². The zero-order valence-corrected chi connectivity index (χ0v) is 9.15. The number of ether oxygens (including phenoxy) is 1. The lowest BCUT2D eigenvalue weighted by Crippen LogP contribution is -2.13. The van der Waals surface area contributed by atoms with Crippen molar-refractivity contribution in [1.29, 1.82) is 0 Å². The number of benzene rings is 1. The van der Waals surface area contributed by atoms with Gasteiger partial charge in [0.1, 0.15) is 6.61 Å². The van der Waals surface area contributed by atoms with Crippen LogP contribution in [0.2, 0.25) is 0 Å². The number of Topliss-reactive ketones (excluding diaryl/α,β-unsaturated/α-hetero) is 1. The van der Waals surface area contributed by atoms with E-state index in [2.05, 4.69) is 0 Å². The summed E-state index contributed by atoms with van der Waals surface area (Å²) in [6, 6.07) is 4.82. The Morgan fingerprint density at radius 1 is 1.38 bits per heavy atom. The molecular formula is C12H12O4. The highest BCUT2D eigenvalue weighted by molar-refractivity contribution is 5.99. The fraction of sp³-hybridized carbons (Fsp3) is 0.250. The van der Waals surface area contributed by atoms with E-state index in [-0.39, 0.29) is 23.5 Å². The normalized spacial score (nSPS) is 9.62. The van der Waals surface area contributed by atoms with E-state index < -0.39 is 5.97 Å². The SMILES string of the molecule is CC(=O)COC(=O)c1ccc(C)cc1C=O. The molecule has 84 valence electrons. The molecule has 1 aromatic carbocycles. The van der Waals surface area contributed by atoms with Crippen LogP contribution in [0.4, 0.5) is 0 Å². The number of carbonyl (C=O) groups excluding carboxylic acids is 3. The third-order valence-corrected chi connectivity index (χ3v) is 1.96. The molecule has 0 bridgehead atoms. The molecule has 1 rings (SSSR count). The summed E-state index contributed by atoms with van der Waals surface area (Å²) < 4.78 is 4.72. The lowest BCUT2D eigenvalue weighted by atomic mass is 10.1. The van der Waals surface area contributed by atoms with Crippen LogP contribution in [0.25, 0.3) is 0 Å². The van der Waals surface area contributed by atoms with Gasteiger partial charge in [-0.3, -0.25) is 9.59 Å². The van der Waals surface area contributed by atoms with Crippen LogP contribution >= 0.6 is 0 Å². The van der Waals surface area contributed by atoms with Crippen molar-refractivity contribution in [3.8, 4) is 0 Å². The first-order chi connectivity index (χ1) is 7.54. The molecule has 4 nitrogen and oxygen atoms in total. The number of hydrogen-bond acceptors (Lipinski definition) is 4. The van der Waals surface area contributed by atoms with Crippen LogP contribution in [-0.4, -0.2) is 24.6 Å². The van der Waals surface area contributed by atoms with Gasteiger partial charge in [-0.1, -0.05) is 11.6 Å². The van der Waals surface area contributed by atoms with Crippen LogP contribution in [0.15, 0.2) is 18.2 Å². The van der Waals surface area contributed by atoms with Crippen molar-refractivity contribution in [2.75, 3.05) is 6.61 Å². The Morgan fingerprint density at radius 2 is 2.06 bits per heavy atom. The summed E-state index contributed by atoms with van der Waals surface area (Å²) in [5, 5.41) is 0. The van der Waals surface area contributed by atoms with E-state index in [1.54, 1.807) is 12.1 Å². The topological polar surface area (TPSA) is 60.4 Å². The van der Waals surface area contributed by atoms with Crippen molar-refractivity contribution in [1.82, 2.24) is 0 Å². The summed E-state index contributed by atoms with van der Waals surface area (Å²) in [4.78, 5) is 32.9. The summed E-state index contributed by atoms with van der Waals surface area (Å²) in [7, 11) is 0. The number of ketones is 1. The van der Waals surface area contributed by atoms with E-state index in [1.165, 1.54) is 13.0 Å². The summed E-state index contributed by atoms with van der Waals surface area (Å²) in [5.74, 6) is -0.898. The maximum Gasteiger partial charge on any atom is 0.339 e. The molecule has 1 aromatic rings. The second kappa shape index (κ2) is 5.21. The van der Waals surface area contributed by atoms with Crippen molar-refractivity contribution in [2.45, 2.75) is 13.8 Å². The van der Waals surface area contributed by atoms with E-state index in [4.69, 9.17) is 4.74 Å². The second-order valence-corrected chi connectivity index (χ2v) is 3.49. The molecule has 0 unspecified atom stereocenters. The molecule has 0 radical (unpaired) electrons. The van der Waals surface area contributed by atoms with Gasteiger partial charge in [-0.15, -0.1) is 0 Å². The minimum absolute atomic E-state index is 0.182. The number of esters is 1. The Kier molecular flexibility index (Phi) is 3.94. The summed E-state index contributed by atoms with van der Waals surface area (Å²) in [6.07, 6.45) is 0.595. The largest absolute Gasteiger partial charge is 0.454 e. The lowest BCUT2D eigenvalue weighted by Gasteiger charge is -2.05. The smallest absolute Gasteiger partial charge is 0.339 e. The predicted octanol–water partition coefficient (Wildman–Crippen LogP) is 1.55. The minimum Gasteiger partial charge on any atom is -0.454 e. The van der Waals surface area contributed by atoms with E-state index in [9.17, 15) is 14.4 Å². The Labute approximate surface area is 93.2 Å². The number of carbonyl (C=O) groups is 3. The molecule has 0 N–H and O–H groups in total. The highest BCUT2D eigenvalue weighted by Gasteiger charge is 2.13. The average Bonchev–Trinajstić information content (AvgIpc) is 2.25. The maximum absolute atomic E-state index is 11.5. The van der Waals surface area contributed by atoms with Crippen LogP contribution in [0.3, 0.4) is 0 Å². The summed E-state index contributed by atoms with van der Waals surface area (Å²) in [6.45, 7) is 2.87. The van der Waals surface area contributed by atoms with Crippen LogP contribution in [0.1, 0.15) is 33.2 Å². The molecule has 0 saturated heterocycles. The van der Waals surface area contributed by atoms with Crippen LogP contribution in [0, 0.1) is 6.92 Å². The van der Waals surface area contributed by atoms with Gasteiger partial charge in [-0.2, -0.15) is 0 Å². The molecule has 0 amide bonds. The maximum atomic E-state index is 11.5. The highest BCUT2D eigenvalue weighted by Crippen LogP contribution is 2.11. The van der Waals surface area contributed by atoms with Crippen LogP contribution in [0.5, 0.6) is 0 Å². The fourth-order valence-corrected chi connectivity index (χ4v) is 1.21. The predicted molar refractivity (Wildman–Crippen MR) is 57.5 cm³/mol. The summed E-state index contributed by atoms with van der Waals surface area (Å²) >= 11 is 0. The molecular weight excluding hydrogens is 208 g/mol. The van der Waals surface area contributed by atoms with E-state index in [1.807, 2.05) is 6.92 Å². The zero-order valence-electron chi connectivity index (χ0n) is 9.15.